The second-order valence-corrected chi connectivity index (χ2v) is 1.70. The van der Waals surface area contributed by atoms with E-state index in [0.29, 0.717) is 0 Å². The van der Waals surface area contributed by atoms with Gasteiger partial charge in [0.25, 0.3) is 0 Å². The molecular weight excluding hydrogens is 199 g/mol. The zero-order valence-corrected chi connectivity index (χ0v) is 8.01. The zero-order valence-electron chi connectivity index (χ0n) is 5.55. The van der Waals surface area contributed by atoms with Gasteiger partial charge < -0.3 is 9.84 Å². The number of hydrogen-bond acceptors (Lipinski definition) is 3. The van der Waals surface area contributed by atoms with Crippen molar-refractivity contribution >= 4 is 5.97 Å². The number of aliphatic hydroxyl groups is 1. The van der Waals surface area contributed by atoms with Gasteiger partial charge in [-0.3, -0.25) is 0 Å². The van der Waals surface area contributed by atoms with E-state index in [-0.39, 0.29) is 32.3 Å². The topological polar surface area (TPSA) is 46.5 Å². The fraction of sp³-hybridized carbons (Fsp3) is 0.800. The van der Waals surface area contributed by atoms with Crippen LogP contribution in [0.15, 0.2) is 0 Å². The predicted molar refractivity (Wildman–Crippen MR) is 28.3 cm³/mol. The van der Waals surface area contributed by atoms with Gasteiger partial charge in [0.2, 0.25) is 0 Å². The summed E-state index contributed by atoms with van der Waals surface area (Å²) in [6.45, 7) is 2.93. The molecule has 9 heavy (non-hydrogen) atoms. The average molecular weight is 209 g/mol. The van der Waals surface area contributed by atoms with Crippen LogP contribution >= 0.6 is 0 Å². The number of hydrogen-bond donors (Lipinski definition) is 1. The minimum absolute atomic E-state index is 0. The van der Waals surface area contributed by atoms with Crippen LogP contribution in [0.5, 0.6) is 0 Å². The summed E-state index contributed by atoms with van der Waals surface area (Å²) >= 11 is 0. The Bertz CT molecular complexity index is 82.3. The number of rotatable bonds is 2. The van der Waals surface area contributed by atoms with Crippen LogP contribution in [0, 0.1) is 0 Å². The van der Waals surface area contributed by atoms with Crippen molar-refractivity contribution in [2.45, 2.75) is 20.0 Å². The summed E-state index contributed by atoms with van der Waals surface area (Å²) in [6.07, 6.45) is -0.130. The van der Waals surface area contributed by atoms with Crippen LogP contribution in [0.25, 0.3) is 0 Å². The molecule has 0 saturated carbocycles. The van der Waals surface area contributed by atoms with Crippen LogP contribution in [-0.4, -0.2) is 23.8 Å². The van der Waals surface area contributed by atoms with E-state index >= 15 is 0 Å². The largest absolute Gasteiger partial charge is 0.461 e. The minimum Gasteiger partial charge on any atom is -0.461 e. The summed E-state index contributed by atoms with van der Waals surface area (Å²) in [7, 11) is 0. The van der Waals surface area contributed by atoms with Crippen molar-refractivity contribution in [3.05, 3.63) is 0 Å². The summed E-state index contributed by atoms with van der Waals surface area (Å²) in [6, 6.07) is 0. The molecule has 0 aromatic heterocycles. The Kier molecular flexibility index (Phi) is 8.60. The van der Waals surface area contributed by atoms with Crippen LogP contribution < -0.4 is 0 Å². The first kappa shape index (κ1) is 12.0. The van der Waals surface area contributed by atoms with Gasteiger partial charge in [0.1, 0.15) is 6.61 Å². The number of carbonyl (C=O) groups is 1. The van der Waals surface area contributed by atoms with E-state index in [1.165, 1.54) is 0 Å². The summed E-state index contributed by atoms with van der Waals surface area (Å²) in [5.74, 6) is -0.569. The van der Waals surface area contributed by atoms with Crippen molar-refractivity contribution in [1.29, 1.82) is 0 Å². The maximum atomic E-state index is 10.2. The molecule has 3 nitrogen and oxygen atoms in total. The number of carbonyl (C=O) groups excluding carboxylic acids is 1. The Balaban J connectivity index is 0. The number of esters is 1. The van der Waals surface area contributed by atoms with Crippen molar-refractivity contribution < 1.29 is 40.8 Å². The summed E-state index contributed by atoms with van der Waals surface area (Å²) in [5.41, 5.74) is 0. The van der Waals surface area contributed by atoms with E-state index in [2.05, 4.69) is 4.74 Å². The molecular formula is C5H10O3Zr. The first-order valence-electron chi connectivity index (χ1n) is 2.47. The maximum Gasteiger partial charge on any atom is 0.332 e. The molecule has 0 atom stereocenters. The Morgan fingerprint density at radius 1 is 1.67 bits per heavy atom. The molecule has 0 unspecified atom stereocenters. The average Bonchev–Trinajstić information content (AvgIpc) is 1.65. The molecule has 0 radical (unpaired) electrons. The normalized spacial score (nSPS) is 8.44. The van der Waals surface area contributed by atoms with E-state index in [1.807, 2.05) is 0 Å². The molecule has 0 amide bonds. The molecule has 0 spiro atoms. The molecule has 0 saturated heterocycles. The smallest absolute Gasteiger partial charge is 0.332 e. The molecule has 0 heterocycles. The van der Waals surface area contributed by atoms with Crippen LogP contribution in [-0.2, 0) is 35.7 Å². The SMILES string of the molecule is CC(C)OC(=O)CO.[Zr]. The summed E-state index contributed by atoms with van der Waals surface area (Å²) in [4.78, 5) is 10.2. The molecule has 0 aromatic carbocycles. The third kappa shape index (κ3) is 8.31. The molecule has 0 aromatic rings. The third-order valence-corrected chi connectivity index (χ3v) is 0.496. The second-order valence-electron chi connectivity index (χ2n) is 1.70. The van der Waals surface area contributed by atoms with E-state index in [1.54, 1.807) is 13.8 Å². The van der Waals surface area contributed by atoms with Crippen LogP contribution in [0.1, 0.15) is 13.8 Å². The molecule has 0 rings (SSSR count). The maximum absolute atomic E-state index is 10.2. The molecule has 0 fully saturated rings. The molecule has 1 N–H and O–H groups in total. The predicted octanol–water partition coefficient (Wildman–Crippen LogP) is -0.0722. The van der Waals surface area contributed by atoms with Gasteiger partial charge in [0, 0.05) is 26.2 Å². The first-order valence-corrected chi connectivity index (χ1v) is 2.47. The van der Waals surface area contributed by atoms with Gasteiger partial charge in [0.15, 0.2) is 0 Å². The van der Waals surface area contributed by atoms with Gasteiger partial charge in [-0.25, -0.2) is 4.79 Å². The Labute approximate surface area is 73.5 Å². The second kappa shape index (κ2) is 6.43. The minimum atomic E-state index is -0.569. The van der Waals surface area contributed by atoms with E-state index in [0.717, 1.165) is 0 Å². The van der Waals surface area contributed by atoms with E-state index in [9.17, 15) is 4.79 Å². The third-order valence-electron chi connectivity index (χ3n) is 0.496. The Morgan fingerprint density at radius 3 is 2.22 bits per heavy atom. The van der Waals surface area contributed by atoms with Gasteiger partial charge in [0.05, 0.1) is 6.10 Å². The zero-order chi connectivity index (χ0) is 6.57. The fourth-order valence-corrected chi connectivity index (χ4v) is 0.300. The van der Waals surface area contributed by atoms with Crippen LogP contribution in [0.2, 0.25) is 0 Å². The number of aliphatic hydroxyl groups excluding tert-OH is 1. The van der Waals surface area contributed by atoms with Crippen LogP contribution in [0.3, 0.4) is 0 Å². The van der Waals surface area contributed by atoms with Crippen molar-refractivity contribution in [3.8, 4) is 0 Å². The molecule has 52 valence electrons. The summed E-state index contributed by atoms with van der Waals surface area (Å²) in [5, 5.41) is 8.11. The van der Waals surface area contributed by atoms with Crippen LogP contribution in [0.4, 0.5) is 0 Å². The first-order chi connectivity index (χ1) is 3.66. The number of ether oxygens (including phenoxy) is 1. The molecule has 0 aliphatic carbocycles. The van der Waals surface area contributed by atoms with Crippen molar-refractivity contribution in [2.24, 2.45) is 0 Å². The Hall–Kier alpha value is 0.313. The van der Waals surface area contributed by atoms with Crippen molar-refractivity contribution in [3.63, 3.8) is 0 Å². The van der Waals surface area contributed by atoms with E-state index in [4.69, 9.17) is 5.11 Å². The van der Waals surface area contributed by atoms with Crippen molar-refractivity contribution in [2.75, 3.05) is 6.61 Å². The monoisotopic (exact) mass is 208 g/mol. The molecule has 4 heteroatoms. The summed E-state index contributed by atoms with van der Waals surface area (Å²) < 4.78 is 4.51. The van der Waals surface area contributed by atoms with Gasteiger partial charge >= 0.3 is 5.97 Å². The standard InChI is InChI=1S/C5H10O3.Zr/c1-4(2)8-5(7)3-6;/h4,6H,3H2,1-2H3;. The quantitative estimate of drug-likeness (QED) is 0.648. The van der Waals surface area contributed by atoms with Crippen molar-refractivity contribution in [1.82, 2.24) is 0 Å². The van der Waals surface area contributed by atoms with Gasteiger partial charge in [-0.15, -0.1) is 0 Å². The molecule has 0 bridgehead atoms. The van der Waals surface area contributed by atoms with Gasteiger partial charge in [-0.2, -0.15) is 0 Å². The fourth-order valence-electron chi connectivity index (χ4n) is 0.300. The van der Waals surface area contributed by atoms with E-state index < -0.39 is 12.6 Å². The van der Waals surface area contributed by atoms with Gasteiger partial charge in [-0.1, -0.05) is 0 Å². The van der Waals surface area contributed by atoms with Gasteiger partial charge in [-0.05, 0) is 13.8 Å². The molecule has 0 aliphatic rings. The molecule has 0 aliphatic heterocycles. The Morgan fingerprint density at radius 2 is 2.11 bits per heavy atom.